The highest BCUT2D eigenvalue weighted by molar-refractivity contribution is 6.26. The molecule has 13 aromatic carbocycles. The summed E-state index contributed by atoms with van der Waals surface area (Å²) < 4.78 is 4.55. The third-order valence-corrected chi connectivity index (χ3v) is 18.0. The number of hydrogen-bond acceptors (Lipinski definition) is 5. The molecular weight excluding hydrogens is 1080 g/mol. The Morgan fingerprint density at radius 1 is 0.258 bits per heavy atom. The minimum atomic E-state index is 0.933. The molecule has 89 heavy (non-hydrogen) atoms. The lowest BCUT2D eigenvalue weighted by Crippen LogP contribution is -2.09. The predicted molar refractivity (Wildman–Crippen MR) is 371 cm³/mol. The van der Waals surface area contributed by atoms with Gasteiger partial charge in [0.25, 0.3) is 0 Å². The molecule has 6 aromatic heterocycles. The zero-order valence-electron chi connectivity index (χ0n) is 48.1. The summed E-state index contributed by atoms with van der Waals surface area (Å²) in [5.74, 6) is 0. The van der Waals surface area contributed by atoms with Gasteiger partial charge in [-0.25, -0.2) is 9.97 Å². The predicted octanol–water partition coefficient (Wildman–Crippen LogP) is 21.4. The first-order valence-corrected chi connectivity index (χ1v) is 30.2. The topological polar surface area (TPSA) is 63.6 Å². The van der Waals surface area contributed by atoms with E-state index in [0.29, 0.717) is 0 Å². The SMILES string of the molecule is c1cc2ccc3ccc(-c4ccc5c(c4)c4ncccc4c4nc6ccccc6n54)c4ccc(c1)c2c34.c1ccc(-c2ccc(N(c3ccc(-c4ccccc4)cc3)c3ccc(-c4ccc5c(c4)c4ncccc4c4nc6ccccc6n54)cc3)cc2)cc1. The Hall–Kier alpha value is -12.1. The van der Waals surface area contributed by atoms with E-state index in [1.54, 1.807) is 0 Å². The third-order valence-electron chi connectivity index (χ3n) is 18.0. The second-order valence-electron chi connectivity index (χ2n) is 23.0. The molecule has 0 spiro atoms. The summed E-state index contributed by atoms with van der Waals surface area (Å²) in [4.78, 5) is 22.0. The molecule has 0 bridgehead atoms. The highest BCUT2D eigenvalue weighted by Crippen LogP contribution is 2.43. The quantitative estimate of drug-likeness (QED) is 0.149. The number of pyridine rings is 4. The molecule has 19 rings (SSSR count). The largest absolute Gasteiger partial charge is 0.311 e. The molecule has 0 N–H and O–H groups in total. The van der Waals surface area contributed by atoms with Crippen LogP contribution in [0.5, 0.6) is 0 Å². The van der Waals surface area contributed by atoms with Crippen molar-refractivity contribution in [3.05, 3.63) is 310 Å². The highest BCUT2D eigenvalue weighted by atomic mass is 15.1. The Balaban J connectivity index is 0.000000140. The van der Waals surface area contributed by atoms with Gasteiger partial charge in [0.2, 0.25) is 0 Å². The third kappa shape index (κ3) is 8.21. The number of para-hydroxylation sites is 4. The first kappa shape index (κ1) is 50.3. The number of hydrogen-bond donors (Lipinski definition) is 0. The summed E-state index contributed by atoms with van der Waals surface area (Å²) in [6.45, 7) is 0. The minimum absolute atomic E-state index is 0.933. The second-order valence-corrected chi connectivity index (χ2v) is 23.0. The van der Waals surface area contributed by atoms with Gasteiger partial charge in [0, 0.05) is 51.0 Å². The van der Waals surface area contributed by atoms with Crippen molar-refractivity contribution < 1.29 is 0 Å². The van der Waals surface area contributed by atoms with Crippen LogP contribution < -0.4 is 4.90 Å². The first-order chi connectivity index (χ1) is 44.1. The van der Waals surface area contributed by atoms with E-state index in [0.717, 1.165) is 105 Å². The van der Waals surface area contributed by atoms with Crippen LogP contribution in [-0.4, -0.2) is 28.7 Å². The number of anilines is 3. The maximum Gasteiger partial charge on any atom is 0.147 e. The van der Waals surface area contributed by atoms with Crippen LogP contribution in [0.4, 0.5) is 17.1 Å². The molecule has 19 aromatic rings. The molecule has 0 fully saturated rings. The van der Waals surface area contributed by atoms with Crippen molar-refractivity contribution in [2.45, 2.75) is 0 Å². The van der Waals surface area contributed by atoms with Gasteiger partial charge >= 0.3 is 0 Å². The van der Waals surface area contributed by atoms with Gasteiger partial charge in [-0.3, -0.25) is 18.8 Å². The van der Waals surface area contributed by atoms with Gasteiger partial charge in [-0.15, -0.1) is 0 Å². The molecule has 7 nitrogen and oxygen atoms in total. The van der Waals surface area contributed by atoms with Crippen molar-refractivity contribution in [3.8, 4) is 44.5 Å². The molecule has 0 aliphatic heterocycles. The lowest BCUT2D eigenvalue weighted by atomic mass is 9.89. The fourth-order valence-corrected chi connectivity index (χ4v) is 13.8. The number of rotatable bonds is 7. The standard InChI is InChI=1S/C48H32N4.C34H19N3/c1-3-10-33(11-4-1)35-17-24-39(25-18-35)51(40-26-19-36(20-27-40)34-12-5-2-6-13-34)41-28-21-37(22-29-41)38-23-30-45-43(32-38)47-42(14-9-31-49-47)48-50-44-15-7-8-16-46(44)52(45)48;1-2-9-30-28(8-1)36-34-26-7-4-18-35-33(26)27-19-23(14-17-29(27)37(30)34)24-15-12-22-11-10-20-5-3-6-21-13-16-25(24)32(22)31(20)21/h1-32H;1-19H. The monoisotopic (exact) mass is 1130 g/mol. The number of imidazole rings is 2. The Bertz CT molecular complexity index is 5860. The van der Waals surface area contributed by atoms with Crippen LogP contribution in [0.15, 0.2) is 310 Å². The van der Waals surface area contributed by atoms with Gasteiger partial charge in [-0.05, 0) is 186 Å². The van der Waals surface area contributed by atoms with Crippen molar-refractivity contribution in [3.63, 3.8) is 0 Å². The minimum Gasteiger partial charge on any atom is -0.311 e. The van der Waals surface area contributed by atoms with Crippen LogP contribution in [0.2, 0.25) is 0 Å². The average molecular weight is 1130 g/mol. The molecular formula is C82H51N7. The van der Waals surface area contributed by atoms with E-state index in [1.807, 2.05) is 36.7 Å². The summed E-state index contributed by atoms with van der Waals surface area (Å²) in [5.41, 5.74) is 23.0. The molecule has 414 valence electrons. The fraction of sp³-hybridized carbons (Fsp3) is 0. The molecule has 0 amide bonds. The number of aromatic nitrogens is 6. The van der Waals surface area contributed by atoms with Gasteiger partial charge in [0.15, 0.2) is 0 Å². The van der Waals surface area contributed by atoms with Gasteiger partial charge in [-0.1, -0.05) is 188 Å². The van der Waals surface area contributed by atoms with Gasteiger partial charge in [0.05, 0.1) is 44.1 Å². The van der Waals surface area contributed by atoms with Crippen molar-refractivity contribution in [1.82, 2.24) is 28.7 Å². The Labute approximate surface area is 511 Å². The summed E-state index contributed by atoms with van der Waals surface area (Å²) >= 11 is 0. The zero-order chi connectivity index (χ0) is 58.5. The second kappa shape index (κ2) is 20.3. The average Bonchev–Trinajstić information content (AvgIpc) is 1.88. The summed E-state index contributed by atoms with van der Waals surface area (Å²) in [5, 5.41) is 12.2. The molecule has 0 aliphatic carbocycles. The van der Waals surface area contributed by atoms with E-state index in [2.05, 4.69) is 287 Å². The molecule has 0 radical (unpaired) electrons. The van der Waals surface area contributed by atoms with Crippen molar-refractivity contribution >= 4 is 126 Å². The van der Waals surface area contributed by atoms with E-state index in [9.17, 15) is 0 Å². The summed E-state index contributed by atoms with van der Waals surface area (Å²) in [7, 11) is 0. The Morgan fingerprint density at radius 2 is 0.674 bits per heavy atom. The maximum absolute atomic E-state index is 5.01. The van der Waals surface area contributed by atoms with Gasteiger partial charge in [-0.2, -0.15) is 0 Å². The number of fused-ring (bicyclic) bond motifs is 16. The fourth-order valence-electron chi connectivity index (χ4n) is 13.8. The van der Waals surface area contributed by atoms with E-state index in [1.165, 1.54) is 65.7 Å². The molecule has 0 saturated heterocycles. The lowest BCUT2D eigenvalue weighted by molar-refractivity contribution is 1.28. The number of nitrogens with zero attached hydrogens (tertiary/aromatic N) is 7. The van der Waals surface area contributed by atoms with Gasteiger partial charge in [0.1, 0.15) is 11.3 Å². The highest BCUT2D eigenvalue weighted by Gasteiger charge is 2.20. The van der Waals surface area contributed by atoms with E-state index in [4.69, 9.17) is 19.9 Å². The Morgan fingerprint density at radius 3 is 1.20 bits per heavy atom. The van der Waals surface area contributed by atoms with E-state index in [-0.39, 0.29) is 0 Å². The molecule has 0 saturated carbocycles. The molecule has 7 heteroatoms. The van der Waals surface area contributed by atoms with Gasteiger partial charge < -0.3 is 4.90 Å². The van der Waals surface area contributed by atoms with Crippen molar-refractivity contribution in [2.24, 2.45) is 0 Å². The van der Waals surface area contributed by atoms with Crippen molar-refractivity contribution in [1.29, 1.82) is 0 Å². The van der Waals surface area contributed by atoms with E-state index < -0.39 is 0 Å². The maximum atomic E-state index is 5.01. The van der Waals surface area contributed by atoms with Crippen LogP contribution in [0.3, 0.4) is 0 Å². The van der Waals surface area contributed by atoms with E-state index >= 15 is 0 Å². The van der Waals surface area contributed by atoms with Crippen LogP contribution in [0.25, 0.3) is 154 Å². The molecule has 0 atom stereocenters. The lowest BCUT2D eigenvalue weighted by Gasteiger charge is -2.26. The Kier molecular flexibility index (Phi) is 11.5. The van der Waals surface area contributed by atoms with Crippen molar-refractivity contribution in [2.75, 3.05) is 4.90 Å². The summed E-state index contributed by atoms with van der Waals surface area (Å²) in [6, 6.07) is 106. The molecule has 0 unspecified atom stereocenters. The number of benzene rings is 13. The van der Waals surface area contributed by atoms with Crippen LogP contribution >= 0.6 is 0 Å². The normalized spacial score (nSPS) is 11.8. The van der Waals surface area contributed by atoms with Crippen LogP contribution in [0.1, 0.15) is 0 Å². The van der Waals surface area contributed by atoms with Crippen LogP contribution in [0, 0.1) is 0 Å². The molecule has 6 heterocycles. The first-order valence-electron chi connectivity index (χ1n) is 30.2. The zero-order valence-corrected chi connectivity index (χ0v) is 48.1. The summed E-state index contributed by atoms with van der Waals surface area (Å²) in [6.07, 6.45) is 3.75. The smallest absolute Gasteiger partial charge is 0.147 e. The molecule has 0 aliphatic rings. The van der Waals surface area contributed by atoms with Crippen LogP contribution in [-0.2, 0) is 0 Å².